The minimum atomic E-state index is -5.19. The minimum absolute atomic E-state index is 0. The van der Waals surface area contributed by atoms with Crippen LogP contribution >= 0.6 is 0 Å². The summed E-state index contributed by atoms with van der Waals surface area (Å²) in [5, 5.41) is 26.4. The van der Waals surface area contributed by atoms with Gasteiger partial charge in [-0.1, -0.05) is 0 Å². The van der Waals surface area contributed by atoms with Crippen LogP contribution in [0.25, 0.3) is 0 Å². The van der Waals surface area contributed by atoms with E-state index in [1.807, 2.05) is 0 Å². The maximum absolute atomic E-state index is 10.5. The first kappa shape index (κ1) is 29.2. The van der Waals surface area contributed by atoms with Crippen LogP contribution in [0, 0.1) is 41.7 Å². The van der Waals surface area contributed by atoms with Crippen LogP contribution in [0.15, 0.2) is 0 Å². The molecule has 22 heavy (non-hydrogen) atoms. The van der Waals surface area contributed by atoms with Gasteiger partial charge in [0.05, 0.1) is 0 Å². The summed E-state index contributed by atoms with van der Waals surface area (Å²) in [5.74, 6) is -9.02. The van der Waals surface area contributed by atoms with Crippen molar-refractivity contribution in [1.29, 1.82) is 0 Å². The minimum Gasteiger partial charge on any atom is -0.542 e. The topological polar surface area (TPSA) is 120 Å². The Morgan fingerprint density at radius 1 is 0.500 bits per heavy atom. The summed E-state index contributed by atoms with van der Waals surface area (Å²) in [6.07, 6.45) is -15.6. The van der Waals surface area contributed by atoms with Crippen molar-refractivity contribution < 1.29 is 111 Å². The summed E-state index contributed by atoms with van der Waals surface area (Å²) in [6.45, 7) is 0. The standard InChI is InChI=1S/3C2HF3O2.Ce/c3*3-2(4,5)1(6)7;/h3*(H,6,7);/q;;;+3/p-3. The van der Waals surface area contributed by atoms with Gasteiger partial charge in [-0.05, 0) is 0 Å². The number of aliphatic carboxylic acids is 3. The van der Waals surface area contributed by atoms with E-state index in [0.717, 1.165) is 0 Å². The van der Waals surface area contributed by atoms with Gasteiger partial charge < -0.3 is 29.7 Å². The molecule has 0 aromatic rings. The molecule has 16 heteroatoms. The molecule has 0 rings (SSSR count). The van der Waals surface area contributed by atoms with Crippen LogP contribution in [-0.2, 0) is 14.4 Å². The third kappa shape index (κ3) is 21.5. The van der Waals surface area contributed by atoms with E-state index in [0.29, 0.717) is 0 Å². The fourth-order valence-electron chi connectivity index (χ4n) is 0. The number of halogens is 9. The Hall–Kier alpha value is -0.843. The van der Waals surface area contributed by atoms with Crippen molar-refractivity contribution >= 4 is 17.9 Å². The first-order valence-electron chi connectivity index (χ1n) is 3.68. The molecule has 0 aliphatic heterocycles. The molecule has 0 aromatic carbocycles. The molecule has 0 heterocycles. The predicted molar refractivity (Wildman–Crippen MR) is 33.2 cm³/mol. The van der Waals surface area contributed by atoms with Gasteiger partial charge in [0.2, 0.25) is 0 Å². The molecule has 0 N–H and O–H groups in total. The van der Waals surface area contributed by atoms with Crippen LogP contribution in [0.4, 0.5) is 39.5 Å². The van der Waals surface area contributed by atoms with Gasteiger partial charge in [0, 0.05) is 0 Å². The van der Waals surface area contributed by atoms with Crippen molar-refractivity contribution in [1.82, 2.24) is 0 Å². The number of alkyl halides is 9. The van der Waals surface area contributed by atoms with Crippen LogP contribution in [0.3, 0.4) is 0 Å². The molecule has 0 aliphatic rings. The Balaban J connectivity index is -0.000000108. The van der Waals surface area contributed by atoms with E-state index < -0.39 is 36.4 Å². The van der Waals surface area contributed by atoms with E-state index in [1.165, 1.54) is 0 Å². The van der Waals surface area contributed by atoms with E-state index >= 15 is 0 Å². The number of carbonyl (C=O) groups excluding carboxylic acids is 3. The third-order valence-corrected chi connectivity index (χ3v) is 0.694. The largest absolute Gasteiger partial charge is 3.00 e. The SMILES string of the molecule is O=C([O-])C(F)(F)F.O=C([O-])C(F)(F)F.O=C([O-])C(F)(F)F.[Ce+3]. The second-order valence-electron chi connectivity index (χ2n) is 2.36. The fourth-order valence-corrected chi connectivity index (χ4v) is 0. The molecule has 1 radical (unpaired) electrons. The summed E-state index contributed by atoms with van der Waals surface area (Å²) < 4.78 is 94.6. The number of carboxylic acid groups (broad SMARTS) is 3. The maximum atomic E-state index is 10.5. The van der Waals surface area contributed by atoms with Crippen molar-refractivity contribution in [3.8, 4) is 0 Å². The molecule has 0 bridgehead atoms. The summed E-state index contributed by atoms with van der Waals surface area (Å²) >= 11 is 0. The quantitative estimate of drug-likeness (QED) is 0.367. The summed E-state index contributed by atoms with van der Waals surface area (Å²) in [4.78, 5) is 26.4. The van der Waals surface area contributed by atoms with E-state index in [1.54, 1.807) is 0 Å². The van der Waals surface area contributed by atoms with Gasteiger partial charge >= 0.3 is 60.3 Å². The molecule has 0 spiro atoms. The van der Waals surface area contributed by atoms with Gasteiger partial charge in [-0.3, -0.25) is 0 Å². The van der Waals surface area contributed by atoms with Crippen LogP contribution in [0.1, 0.15) is 0 Å². The van der Waals surface area contributed by atoms with Gasteiger partial charge in [0.1, 0.15) is 17.9 Å². The first-order chi connectivity index (χ1) is 8.83. The molecule has 0 atom stereocenters. The van der Waals surface area contributed by atoms with Gasteiger partial charge in [-0.15, -0.1) is 0 Å². The van der Waals surface area contributed by atoms with Gasteiger partial charge in [-0.2, -0.15) is 39.5 Å². The van der Waals surface area contributed by atoms with Crippen LogP contribution in [-0.4, -0.2) is 36.4 Å². The average molecular weight is 479 g/mol. The Morgan fingerprint density at radius 2 is 0.545 bits per heavy atom. The van der Waals surface area contributed by atoms with Crippen molar-refractivity contribution in [2.75, 3.05) is 0 Å². The molecular weight excluding hydrogens is 479 g/mol. The number of hydrogen-bond acceptors (Lipinski definition) is 6. The third-order valence-electron chi connectivity index (χ3n) is 0.694. The molecular formula is C6CeF9O6. The van der Waals surface area contributed by atoms with Crippen LogP contribution in [0.2, 0.25) is 0 Å². The van der Waals surface area contributed by atoms with E-state index in [4.69, 9.17) is 29.7 Å². The number of carbonyl (C=O) groups is 3. The zero-order chi connectivity index (χ0) is 18.2. The van der Waals surface area contributed by atoms with Gasteiger partial charge in [0.15, 0.2) is 0 Å². The summed E-state index contributed by atoms with van der Waals surface area (Å²) in [5.41, 5.74) is 0. The van der Waals surface area contributed by atoms with Gasteiger partial charge in [-0.25, -0.2) is 0 Å². The van der Waals surface area contributed by atoms with Crippen molar-refractivity contribution in [2.45, 2.75) is 18.5 Å². The molecule has 127 valence electrons. The van der Waals surface area contributed by atoms with E-state index in [9.17, 15) is 39.5 Å². The first-order valence-corrected chi connectivity index (χ1v) is 3.68. The smallest absolute Gasteiger partial charge is 0.542 e. The second kappa shape index (κ2) is 10.8. The average Bonchev–Trinajstić information content (AvgIpc) is 2.14. The molecule has 0 aliphatic carbocycles. The van der Waals surface area contributed by atoms with Crippen LogP contribution < -0.4 is 15.3 Å². The molecule has 0 saturated carbocycles. The maximum Gasteiger partial charge on any atom is 3.00 e. The molecule has 6 nitrogen and oxygen atoms in total. The summed E-state index contributed by atoms with van der Waals surface area (Å²) in [7, 11) is 0. The van der Waals surface area contributed by atoms with Crippen molar-refractivity contribution in [2.24, 2.45) is 0 Å². The van der Waals surface area contributed by atoms with E-state index in [-0.39, 0.29) is 41.7 Å². The molecule has 0 aromatic heterocycles. The number of carboxylic acids is 3. The van der Waals surface area contributed by atoms with Crippen LogP contribution in [0.5, 0.6) is 0 Å². The normalized spacial score (nSPS) is 10.8. The zero-order valence-electron chi connectivity index (χ0n) is 9.35. The van der Waals surface area contributed by atoms with Crippen molar-refractivity contribution in [3.05, 3.63) is 0 Å². The molecule has 0 fully saturated rings. The van der Waals surface area contributed by atoms with E-state index in [2.05, 4.69) is 0 Å². The molecule has 0 amide bonds. The Kier molecular flexibility index (Phi) is 14.4. The molecule has 0 saturated heterocycles. The predicted octanol–water partition coefficient (Wildman–Crippen LogP) is -2.10. The van der Waals surface area contributed by atoms with Gasteiger partial charge in [0.25, 0.3) is 0 Å². The van der Waals surface area contributed by atoms with Crippen molar-refractivity contribution in [3.63, 3.8) is 0 Å². The number of hydrogen-bond donors (Lipinski definition) is 0. The Bertz CT molecular complexity index is 313. The monoisotopic (exact) mass is 479 g/mol. The Morgan fingerprint density at radius 3 is 0.545 bits per heavy atom. The second-order valence-corrected chi connectivity index (χ2v) is 2.36. The Labute approximate surface area is 147 Å². The zero-order valence-corrected chi connectivity index (χ0v) is 12.5. The fraction of sp³-hybridized carbons (Fsp3) is 0.500. The summed E-state index contributed by atoms with van der Waals surface area (Å²) in [6, 6.07) is 0. The number of rotatable bonds is 0. The molecule has 0 unspecified atom stereocenters.